The van der Waals surface area contributed by atoms with Gasteiger partial charge in [0.25, 0.3) is 0 Å². The molecule has 9 aromatic rings. The van der Waals surface area contributed by atoms with Crippen LogP contribution in [0.4, 0.5) is 0 Å². The van der Waals surface area contributed by atoms with Crippen LogP contribution in [0.2, 0.25) is 0 Å². The van der Waals surface area contributed by atoms with Crippen molar-refractivity contribution in [3.8, 4) is 22.3 Å². The minimum absolute atomic E-state index is 0.936. The molecule has 40 heavy (non-hydrogen) atoms. The van der Waals surface area contributed by atoms with Gasteiger partial charge in [-0.15, -0.1) is 11.3 Å². The summed E-state index contributed by atoms with van der Waals surface area (Å²) < 4.78 is 7.62. The molecule has 2 heterocycles. The number of benzene rings is 7. The van der Waals surface area contributed by atoms with Crippen molar-refractivity contribution in [1.29, 1.82) is 0 Å². The molecule has 0 unspecified atom stereocenters. The molecule has 0 bridgehead atoms. The summed E-state index contributed by atoms with van der Waals surface area (Å²) >= 11 is 1.76. The fourth-order valence-electron chi connectivity index (χ4n) is 6.58. The summed E-state index contributed by atoms with van der Waals surface area (Å²) in [5.74, 6) is 0. The van der Waals surface area contributed by atoms with Crippen LogP contribution in [-0.2, 0) is 0 Å². The van der Waals surface area contributed by atoms with Gasteiger partial charge in [-0.3, -0.25) is 0 Å². The largest absolute Gasteiger partial charge is 0.455 e. The third kappa shape index (κ3) is 3.03. The second kappa shape index (κ2) is 8.29. The van der Waals surface area contributed by atoms with Crippen molar-refractivity contribution in [1.82, 2.24) is 0 Å². The Labute approximate surface area is 234 Å². The number of rotatable bonds is 2. The lowest BCUT2D eigenvalue weighted by atomic mass is 9.84. The summed E-state index contributed by atoms with van der Waals surface area (Å²) in [7, 11) is 0. The van der Waals surface area contributed by atoms with E-state index in [4.69, 9.17) is 4.42 Å². The van der Waals surface area contributed by atoms with E-state index in [1.54, 1.807) is 11.3 Å². The first-order chi connectivity index (χ1) is 19.8. The maximum absolute atomic E-state index is 6.41. The average Bonchev–Trinajstić information content (AvgIpc) is 3.65. The van der Waals surface area contributed by atoms with E-state index in [9.17, 15) is 0 Å². The molecule has 7 aromatic carbocycles. The van der Waals surface area contributed by atoms with E-state index in [0.29, 0.717) is 0 Å². The Balaban J connectivity index is 1.45. The van der Waals surface area contributed by atoms with Crippen LogP contribution >= 0.6 is 11.3 Å². The van der Waals surface area contributed by atoms with E-state index in [2.05, 4.69) is 127 Å². The van der Waals surface area contributed by atoms with Crippen molar-refractivity contribution in [3.05, 3.63) is 133 Å². The predicted molar refractivity (Wildman–Crippen MR) is 172 cm³/mol. The fourth-order valence-corrected chi connectivity index (χ4v) is 7.48. The van der Waals surface area contributed by atoms with Crippen molar-refractivity contribution in [2.24, 2.45) is 0 Å². The highest BCUT2D eigenvalue weighted by molar-refractivity contribution is 7.18. The summed E-state index contributed by atoms with van der Waals surface area (Å²) in [6, 6.07) is 46.3. The molecule has 0 aliphatic heterocycles. The predicted octanol–water partition coefficient (Wildman–Crippen LogP) is 11.6. The van der Waals surface area contributed by atoms with Gasteiger partial charge in [-0.05, 0) is 84.2 Å². The van der Waals surface area contributed by atoms with E-state index >= 15 is 0 Å². The van der Waals surface area contributed by atoms with Gasteiger partial charge >= 0.3 is 0 Å². The Hall–Kier alpha value is -4.92. The van der Waals surface area contributed by atoms with Crippen molar-refractivity contribution >= 4 is 75.7 Å². The quantitative estimate of drug-likeness (QED) is 0.204. The van der Waals surface area contributed by atoms with Crippen LogP contribution in [0.5, 0.6) is 0 Å². The molecule has 0 atom stereocenters. The first-order valence-corrected chi connectivity index (χ1v) is 14.5. The topological polar surface area (TPSA) is 13.1 Å². The summed E-state index contributed by atoms with van der Waals surface area (Å²) in [5, 5.41) is 13.4. The van der Waals surface area contributed by atoms with Crippen LogP contribution in [0, 0.1) is 0 Å². The zero-order chi connectivity index (χ0) is 26.2. The minimum atomic E-state index is 0.936. The van der Waals surface area contributed by atoms with Crippen LogP contribution in [0.25, 0.3) is 86.6 Å². The smallest absolute Gasteiger partial charge is 0.153 e. The van der Waals surface area contributed by atoms with Crippen LogP contribution in [0.3, 0.4) is 0 Å². The average molecular weight is 527 g/mol. The Morgan fingerprint density at radius 1 is 0.450 bits per heavy atom. The van der Waals surface area contributed by atoms with Gasteiger partial charge in [0.1, 0.15) is 5.58 Å². The van der Waals surface area contributed by atoms with Crippen LogP contribution in [0.1, 0.15) is 0 Å². The van der Waals surface area contributed by atoms with E-state index in [0.717, 1.165) is 16.6 Å². The zero-order valence-corrected chi connectivity index (χ0v) is 22.3. The molecule has 2 aromatic heterocycles. The molecule has 2 heteroatoms. The number of hydrogen-bond donors (Lipinski definition) is 0. The highest BCUT2D eigenvalue weighted by Gasteiger charge is 2.21. The maximum Gasteiger partial charge on any atom is 0.153 e. The summed E-state index contributed by atoms with van der Waals surface area (Å²) in [5.41, 5.74) is 6.99. The molecular formula is C38H22OS. The number of furan rings is 1. The summed E-state index contributed by atoms with van der Waals surface area (Å²) in [4.78, 5) is 0. The lowest BCUT2D eigenvalue weighted by Gasteiger charge is -2.18. The molecule has 0 N–H and O–H groups in total. The molecule has 0 amide bonds. The van der Waals surface area contributed by atoms with Gasteiger partial charge in [-0.25, -0.2) is 0 Å². The van der Waals surface area contributed by atoms with E-state index < -0.39 is 0 Å². The van der Waals surface area contributed by atoms with Gasteiger partial charge < -0.3 is 4.42 Å². The Kier molecular flexibility index (Phi) is 4.55. The summed E-state index contributed by atoms with van der Waals surface area (Å²) in [6.45, 7) is 0. The minimum Gasteiger partial charge on any atom is -0.455 e. The number of hydrogen-bond acceptors (Lipinski definition) is 2. The lowest BCUT2D eigenvalue weighted by molar-refractivity contribution is 0.673. The van der Waals surface area contributed by atoms with Gasteiger partial charge in [0.05, 0.1) is 4.70 Å². The second-order valence-corrected chi connectivity index (χ2v) is 11.4. The molecule has 0 spiro atoms. The first-order valence-electron chi connectivity index (χ1n) is 13.6. The van der Waals surface area contributed by atoms with Gasteiger partial charge in [0, 0.05) is 16.2 Å². The molecule has 9 rings (SSSR count). The zero-order valence-electron chi connectivity index (χ0n) is 21.5. The Bertz CT molecular complexity index is 2380. The van der Waals surface area contributed by atoms with E-state index in [1.807, 2.05) is 6.07 Å². The second-order valence-electron chi connectivity index (χ2n) is 10.5. The fraction of sp³-hybridized carbons (Fsp3) is 0. The van der Waals surface area contributed by atoms with Gasteiger partial charge in [-0.2, -0.15) is 0 Å². The van der Waals surface area contributed by atoms with Crippen LogP contribution < -0.4 is 0 Å². The maximum atomic E-state index is 6.41. The molecule has 0 radical (unpaired) electrons. The molecule has 0 aliphatic carbocycles. The van der Waals surface area contributed by atoms with E-state index in [1.165, 1.54) is 70.0 Å². The molecular weight excluding hydrogens is 504 g/mol. The SMILES string of the molecule is c1ccc2cc(-c3c4ccccc4c(-c4cc5c6ccccc6oc5c5sccc45)c4ccccc34)ccc2c1. The molecule has 1 nitrogen and oxygen atoms in total. The van der Waals surface area contributed by atoms with Crippen LogP contribution in [-0.4, -0.2) is 0 Å². The normalized spacial score (nSPS) is 12.0. The lowest BCUT2D eigenvalue weighted by Crippen LogP contribution is -1.91. The van der Waals surface area contributed by atoms with Crippen molar-refractivity contribution in [2.75, 3.05) is 0 Å². The van der Waals surface area contributed by atoms with Gasteiger partial charge in [0.15, 0.2) is 5.58 Å². The van der Waals surface area contributed by atoms with Gasteiger partial charge in [-0.1, -0.05) is 103 Å². The Morgan fingerprint density at radius 3 is 1.82 bits per heavy atom. The third-order valence-electron chi connectivity index (χ3n) is 8.32. The highest BCUT2D eigenvalue weighted by Crippen LogP contribution is 2.48. The molecule has 186 valence electrons. The van der Waals surface area contributed by atoms with Gasteiger partial charge in [0.2, 0.25) is 0 Å². The number of fused-ring (bicyclic) bond motifs is 8. The number of thiophene rings is 1. The first kappa shape index (κ1) is 22.0. The monoisotopic (exact) mass is 526 g/mol. The summed E-state index contributed by atoms with van der Waals surface area (Å²) in [6.07, 6.45) is 0. The number of para-hydroxylation sites is 1. The molecule has 0 saturated heterocycles. The standard InChI is InChI=1S/C38H22OS/c1-2-10-24-21-25(18-17-23(24)9-1)35-27-12-3-5-14-29(27)36(30-15-6-4-13-28(30)35)32-22-33-26-11-7-8-16-34(26)39-37(33)38-31(32)19-20-40-38/h1-22H. The van der Waals surface area contributed by atoms with Crippen molar-refractivity contribution in [3.63, 3.8) is 0 Å². The molecule has 0 fully saturated rings. The third-order valence-corrected chi connectivity index (χ3v) is 9.24. The van der Waals surface area contributed by atoms with Crippen molar-refractivity contribution < 1.29 is 4.42 Å². The van der Waals surface area contributed by atoms with Crippen molar-refractivity contribution in [2.45, 2.75) is 0 Å². The van der Waals surface area contributed by atoms with E-state index in [-0.39, 0.29) is 0 Å². The highest BCUT2D eigenvalue weighted by atomic mass is 32.1. The Morgan fingerprint density at radius 2 is 1.07 bits per heavy atom. The molecule has 0 saturated carbocycles. The molecule has 0 aliphatic rings. The van der Waals surface area contributed by atoms with Crippen LogP contribution in [0.15, 0.2) is 137 Å².